The van der Waals surface area contributed by atoms with Crippen LogP contribution in [-0.4, -0.2) is 35.0 Å². The number of benzene rings is 1. The maximum absolute atomic E-state index is 12.6. The van der Waals surface area contributed by atoms with E-state index in [-0.39, 0.29) is 18.2 Å². The highest BCUT2D eigenvalue weighted by Gasteiger charge is 2.25. The van der Waals surface area contributed by atoms with Gasteiger partial charge in [0.2, 0.25) is 5.91 Å². The number of aryl methyl sites for hydroxylation is 1. The fraction of sp³-hybridized carbons (Fsp3) is 0.579. The van der Waals surface area contributed by atoms with Gasteiger partial charge in [-0.1, -0.05) is 31.2 Å². The van der Waals surface area contributed by atoms with Crippen LogP contribution in [0.2, 0.25) is 0 Å². The summed E-state index contributed by atoms with van der Waals surface area (Å²) in [4.78, 5) is 25.2. The molecule has 23 heavy (non-hydrogen) atoms. The molecule has 0 saturated carbocycles. The third-order valence-electron chi connectivity index (χ3n) is 4.84. The summed E-state index contributed by atoms with van der Waals surface area (Å²) in [6.07, 6.45) is 3.41. The van der Waals surface area contributed by atoms with Crippen LogP contribution >= 0.6 is 0 Å². The molecular weight excluding hydrogens is 290 g/mol. The van der Waals surface area contributed by atoms with Crippen molar-refractivity contribution in [2.45, 2.75) is 51.9 Å². The van der Waals surface area contributed by atoms with E-state index in [4.69, 9.17) is 5.11 Å². The lowest BCUT2D eigenvalue weighted by molar-refractivity contribution is -0.137. The van der Waals surface area contributed by atoms with Crippen molar-refractivity contribution in [3.05, 3.63) is 35.4 Å². The molecule has 2 rings (SSSR count). The number of carbonyl (C=O) groups is 2. The monoisotopic (exact) mass is 317 g/mol. The maximum atomic E-state index is 12.6. The summed E-state index contributed by atoms with van der Waals surface area (Å²) in [7, 11) is 0. The second kappa shape index (κ2) is 8.14. The van der Waals surface area contributed by atoms with Crippen LogP contribution in [0, 0.1) is 12.8 Å². The van der Waals surface area contributed by atoms with E-state index in [2.05, 4.69) is 26.0 Å². The van der Waals surface area contributed by atoms with Gasteiger partial charge in [-0.15, -0.1) is 0 Å². The number of piperidine rings is 1. The number of rotatable bonds is 6. The molecule has 1 aromatic carbocycles. The number of carboxylic acids is 1. The highest BCUT2D eigenvalue weighted by molar-refractivity contribution is 5.77. The molecule has 0 radical (unpaired) electrons. The Morgan fingerprint density at radius 2 is 2.09 bits per heavy atom. The predicted octanol–water partition coefficient (Wildman–Crippen LogP) is 3.59. The molecule has 0 spiro atoms. The molecule has 4 heteroatoms. The van der Waals surface area contributed by atoms with E-state index >= 15 is 0 Å². The largest absolute Gasteiger partial charge is 0.481 e. The third-order valence-corrected chi connectivity index (χ3v) is 4.84. The van der Waals surface area contributed by atoms with Crippen molar-refractivity contribution >= 4 is 11.9 Å². The number of hydrogen-bond acceptors (Lipinski definition) is 2. The van der Waals surface area contributed by atoms with Crippen LogP contribution in [0.3, 0.4) is 0 Å². The third kappa shape index (κ3) is 5.08. The Morgan fingerprint density at radius 3 is 2.78 bits per heavy atom. The zero-order valence-electron chi connectivity index (χ0n) is 14.1. The molecule has 0 bridgehead atoms. The Kier molecular flexibility index (Phi) is 6.20. The second-order valence-electron chi connectivity index (χ2n) is 6.74. The van der Waals surface area contributed by atoms with Gasteiger partial charge < -0.3 is 10.0 Å². The van der Waals surface area contributed by atoms with Crippen molar-refractivity contribution in [3.63, 3.8) is 0 Å². The van der Waals surface area contributed by atoms with E-state index in [9.17, 15) is 9.59 Å². The Bertz CT molecular complexity index is 555. The summed E-state index contributed by atoms with van der Waals surface area (Å²) in [5.41, 5.74) is 2.46. The first-order valence-electron chi connectivity index (χ1n) is 8.52. The highest BCUT2D eigenvalue weighted by atomic mass is 16.4. The van der Waals surface area contributed by atoms with Gasteiger partial charge in [0.25, 0.3) is 0 Å². The van der Waals surface area contributed by atoms with E-state index in [0.29, 0.717) is 25.3 Å². The minimum Gasteiger partial charge on any atom is -0.481 e. The molecule has 4 nitrogen and oxygen atoms in total. The van der Waals surface area contributed by atoms with Gasteiger partial charge in [0.05, 0.1) is 0 Å². The number of amides is 1. The average Bonchev–Trinajstić information content (AvgIpc) is 2.53. The quantitative estimate of drug-likeness (QED) is 0.872. The minimum absolute atomic E-state index is 0.195. The number of aliphatic carboxylic acids is 1. The SMILES string of the molecule is Cc1ccccc1[C@H](C)CC(=O)N1CCC[C@@H](CCC(=O)O)C1. The van der Waals surface area contributed by atoms with Crippen LogP contribution in [0.4, 0.5) is 0 Å². The first kappa shape index (κ1) is 17.5. The average molecular weight is 317 g/mol. The van der Waals surface area contributed by atoms with Crippen molar-refractivity contribution in [3.8, 4) is 0 Å². The number of likely N-dealkylation sites (tertiary alicyclic amines) is 1. The molecule has 1 aliphatic rings. The summed E-state index contributed by atoms with van der Waals surface area (Å²) < 4.78 is 0. The summed E-state index contributed by atoms with van der Waals surface area (Å²) >= 11 is 0. The van der Waals surface area contributed by atoms with Gasteiger partial charge in [0.1, 0.15) is 0 Å². The van der Waals surface area contributed by atoms with Crippen LogP contribution in [0.5, 0.6) is 0 Å². The lowest BCUT2D eigenvalue weighted by Gasteiger charge is -2.33. The van der Waals surface area contributed by atoms with Crippen molar-refractivity contribution in [2.75, 3.05) is 13.1 Å². The lowest BCUT2D eigenvalue weighted by Crippen LogP contribution is -2.40. The van der Waals surface area contributed by atoms with Gasteiger partial charge in [-0.3, -0.25) is 9.59 Å². The molecule has 1 fully saturated rings. The van der Waals surface area contributed by atoms with Gasteiger partial charge in [0.15, 0.2) is 0 Å². The molecule has 0 aromatic heterocycles. The number of carboxylic acid groups (broad SMARTS) is 1. The fourth-order valence-corrected chi connectivity index (χ4v) is 3.50. The first-order chi connectivity index (χ1) is 11.0. The smallest absolute Gasteiger partial charge is 0.303 e. The summed E-state index contributed by atoms with van der Waals surface area (Å²) in [5.74, 6) is -0.0110. The van der Waals surface area contributed by atoms with E-state index in [1.807, 2.05) is 17.0 Å². The van der Waals surface area contributed by atoms with Crippen molar-refractivity contribution < 1.29 is 14.7 Å². The standard InChI is InChI=1S/C19H27NO3/c1-14-6-3-4-8-17(14)15(2)12-18(21)20-11-5-7-16(13-20)9-10-19(22)23/h3-4,6,8,15-16H,5,7,9-13H2,1-2H3,(H,22,23)/t15-,16+/m1/s1. The van der Waals surface area contributed by atoms with E-state index < -0.39 is 5.97 Å². The van der Waals surface area contributed by atoms with Crippen LogP contribution in [-0.2, 0) is 9.59 Å². The number of nitrogens with zero attached hydrogens (tertiary/aromatic N) is 1. The van der Waals surface area contributed by atoms with Crippen LogP contribution < -0.4 is 0 Å². The molecule has 126 valence electrons. The molecule has 0 aliphatic carbocycles. The molecule has 1 saturated heterocycles. The van der Waals surface area contributed by atoms with Gasteiger partial charge in [-0.05, 0) is 49.1 Å². The van der Waals surface area contributed by atoms with Crippen molar-refractivity contribution in [1.29, 1.82) is 0 Å². The maximum Gasteiger partial charge on any atom is 0.303 e. The van der Waals surface area contributed by atoms with Gasteiger partial charge in [0, 0.05) is 25.9 Å². The van der Waals surface area contributed by atoms with E-state index in [1.165, 1.54) is 11.1 Å². The fourth-order valence-electron chi connectivity index (χ4n) is 3.50. The molecular formula is C19H27NO3. The Morgan fingerprint density at radius 1 is 1.35 bits per heavy atom. The molecule has 1 heterocycles. The molecule has 1 N–H and O–H groups in total. The van der Waals surface area contributed by atoms with E-state index in [1.54, 1.807) is 0 Å². The number of hydrogen-bond donors (Lipinski definition) is 1. The second-order valence-corrected chi connectivity index (χ2v) is 6.74. The van der Waals surface area contributed by atoms with Gasteiger partial charge in [-0.2, -0.15) is 0 Å². The zero-order chi connectivity index (χ0) is 16.8. The predicted molar refractivity (Wildman–Crippen MR) is 90.4 cm³/mol. The van der Waals surface area contributed by atoms with Crippen molar-refractivity contribution in [1.82, 2.24) is 4.90 Å². The summed E-state index contributed by atoms with van der Waals surface area (Å²) in [6.45, 7) is 5.71. The van der Waals surface area contributed by atoms with Crippen LogP contribution in [0.15, 0.2) is 24.3 Å². The van der Waals surface area contributed by atoms with E-state index in [0.717, 1.165) is 19.4 Å². The zero-order valence-corrected chi connectivity index (χ0v) is 14.1. The lowest BCUT2D eigenvalue weighted by atomic mass is 9.91. The Labute approximate surface area is 138 Å². The topological polar surface area (TPSA) is 57.6 Å². The molecule has 1 aromatic rings. The molecule has 0 unspecified atom stereocenters. The van der Waals surface area contributed by atoms with Crippen molar-refractivity contribution in [2.24, 2.45) is 5.92 Å². The molecule has 1 amide bonds. The highest BCUT2D eigenvalue weighted by Crippen LogP contribution is 2.26. The van der Waals surface area contributed by atoms with Crippen LogP contribution in [0.25, 0.3) is 0 Å². The molecule has 2 atom stereocenters. The van der Waals surface area contributed by atoms with Gasteiger partial charge in [-0.25, -0.2) is 0 Å². The van der Waals surface area contributed by atoms with Gasteiger partial charge >= 0.3 is 5.97 Å². The molecule has 1 aliphatic heterocycles. The number of carbonyl (C=O) groups excluding carboxylic acids is 1. The summed E-state index contributed by atoms with van der Waals surface area (Å²) in [5, 5.41) is 8.81. The Hall–Kier alpha value is -1.84. The normalized spacial score (nSPS) is 19.4. The van der Waals surface area contributed by atoms with Crippen LogP contribution in [0.1, 0.15) is 56.1 Å². The Balaban J connectivity index is 1.89. The summed E-state index contributed by atoms with van der Waals surface area (Å²) in [6, 6.07) is 8.22. The minimum atomic E-state index is -0.748. The first-order valence-corrected chi connectivity index (χ1v) is 8.52.